The molecule has 1 nitrogen and oxygen atoms in total. The van der Waals surface area contributed by atoms with E-state index in [9.17, 15) is 0 Å². The molecule has 0 N–H and O–H groups in total. The first-order chi connectivity index (χ1) is 3.39. The number of nitrogens with zero attached hydrogens (tertiary/aromatic N) is 1. The molecule has 0 saturated heterocycles. The molecule has 0 unspecified atom stereocenters. The number of rotatable bonds is 0. The first-order valence-electron chi connectivity index (χ1n) is 1.95. The van der Waals surface area contributed by atoms with Crippen molar-refractivity contribution >= 4 is 41.2 Å². The van der Waals surface area contributed by atoms with E-state index in [2.05, 4.69) is 4.98 Å². The summed E-state index contributed by atoms with van der Waals surface area (Å²) in [7, 11) is 0. The average Bonchev–Trinajstić information content (AvgIpc) is 1.69. The number of hydrogen-bond acceptors (Lipinski definition) is 1. The predicted octanol–water partition coefficient (Wildman–Crippen LogP) is 1.09. The second-order valence-corrected chi connectivity index (χ2v) is 1.61. The third kappa shape index (κ3) is 2.68. The van der Waals surface area contributed by atoms with Crippen molar-refractivity contribution in [3.05, 3.63) is 29.5 Å². The molecule has 0 aliphatic rings. The quantitative estimate of drug-likeness (QED) is 0.488. The van der Waals surface area contributed by atoms with E-state index in [1.165, 1.54) is 0 Å². The average molecular weight is 138 g/mol. The fourth-order valence-electron chi connectivity index (χ4n) is 0.342. The molecule has 0 aromatic carbocycles. The van der Waals surface area contributed by atoms with Crippen LogP contribution in [0.15, 0.2) is 24.5 Å². The Morgan fingerprint density at radius 3 is 2.50 bits per heavy atom. The summed E-state index contributed by atoms with van der Waals surface area (Å²) in [5.41, 5.74) is 0. The standard InChI is InChI=1S/C5H4ClN.Na.H/c6-5-2-1-3-7-4-5;;/h1-4H;;. The minimum absolute atomic E-state index is 0. The Morgan fingerprint density at radius 1 is 1.50 bits per heavy atom. The summed E-state index contributed by atoms with van der Waals surface area (Å²) in [5, 5.41) is 0.683. The van der Waals surface area contributed by atoms with Crippen molar-refractivity contribution in [2.45, 2.75) is 0 Å². The molecule has 1 aromatic heterocycles. The minimum atomic E-state index is 0. The van der Waals surface area contributed by atoms with Crippen LogP contribution in [0, 0.1) is 0 Å². The van der Waals surface area contributed by atoms with E-state index < -0.39 is 0 Å². The van der Waals surface area contributed by atoms with Crippen molar-refractivity contribution in [1.29, 1.82) is 0 Å². The molecule has 38 valence electrons. The van der Waals surface area contributed by atoms with Crippen LogP contribution in [0.25, 0.3) is 0 Å². The molecule has 1 rings (SSSR count). The second kappa shape index (κ2) is 4.33. The number of aromatic nitrogens is 1. The summed E-state index contributed by atoms with van der Waals surface area (Å²) in [4.78, 5) is 3.75. The third-order valence-corrected chi connectivity index (χ3v) is 0.849. The van der Waals surface area contributed by atoms with Gasteiger partial charge in [0.2, 0.25) is 0 Å². The summed E-state index contributed by atoms with van der Waals surface area (Å²) < 4.78 is 0. The van der Waals surface area contributed by atoms with Gasteiger partial charge in [0, 0.05) is 12.4 Å². The number of halogens is 1. The van der Waals surface area contributed by atoms with Gasteiger partial charge >= 0.3 is 29.6 Å². The van der Waals surface area contributed by atoms with Crippen LogP contribution >= 0.6 is 11.6 Å². The van der Waals surface area contributed by atoms with Gasteiger partial charge < -0.3 is 0 Å². The molecule has 1 aromatic rings. The van der Waals surface area contributed by atoms with Crippen molar-refractivity contribution in [2.24, 2.45) is 0 Å². The van der Waals surface area contributed by atoms with Gasteiger partial charge in [-0.15, -0.1) is 0 Å². The van der Waals surface area contributed by atoms with Gasteiger partial charge in [0.05, 0.1) is 5.02 Å². The SMILES string of the molecule is Clc1cccnc1.[NaH]. The Hall–Kier alpha value is 0.440. The van der Waals surface area contributed by atoms with E-state index in [-0.39, 0.29) is 29.6 Å². The van der Waals surface area contributed by atoms with Crippen LogP contribution < -0.4 is 0 Å². The van der Waals surface area contributed by atoms with E-state index >= 15 is 0 Å². The van der Waals surface area contributed by atoms with Crippen LogP contribution in [-0.4, -0.2) is 34.5 Å². The van der Waals surface area contributed by atoms with Gasteiger partial charge in [0.15, 0.2) is 0 Å². The van der Waals surface area contributed by atoms with Gasteiger partial charge in [-0.1, -0.05) is 11.6 Å². The third-order valence-electron chi connectivity index (χ3n) is 0.625. The van der Waals surface area contributed by atoms with Crippen LogP contribution in [0.5, 0.6) is 0 Å². The zero-order chi connectivity index (χ0) is 5.11. The van der Waals surface area contributed by atoms with E-state index in [4.69, 9.17) is 11.6 Å². The van der Waals surface area contributed by atoms with Gasteiger partial charge in [0.25, 0.3) is 0 Å². The summed E-state index contributed by atoms with van der Waals surface area (Å²) >= 11 is 5.48. The summed E-state index contributed by atoms with van der Waals surface area (Å²) in [6.45, 7) is 0. The van der Waals surface area contributed by atoms with Gasteiger partial charge in [0.1, 0.15) is 0 Å². The monoisotopic (exact) mass is 137 g/mol. The fraction of sp³-hybridized carbons (Fsp3) is 0. The Bertz CT molecular complexity index is 142. The van der Waals surface area contributed by atoms with E-state index in [1.54, 1.807) is 24.5 Å². The summed E-state index contributed by atoms with van der Waals surface area (Å²) in [6, 6.07) is 3.58. The predicted molar refractivity (Wildman–Crippen MR) is 36.4 cm³/mol. The molecule has 0 aliphatic carbocycles. The van der Waals surface area contributed by atoms with Crippen molar-refractivity contribution in [2.75, 3.05) is 0 Å². The van der Waals surface area contributed by atoms with Crippen LogP contribution in [0.2, 0.25) is 5.02 Å². The Labute approximate surface area is 75.4 Å². The zero-order valence-corrected chi connectivity index (χ0v) is 4.39. The van der Waals surface area contributed by atoms with Crippen LogP contribution in [0.4, 0.5) is 0 Å². The van der Waals surface area contributed by atoms with Crippen molar-refractivity contribution in [3.8, 4) is 0 Å². The molecule has 0 spiro atoms. The van der Waals surface area contributed by atoms with E-state index in [1.807, 2.05) is 0 Å². The van der Waals surface area contributed by atoms with Gasteiger partial charge in [-0.3, -0.25) is 4.98 Å². The van der Waals surface area contributed by atoms with E-state index in [0.717, 1.165) is 0 Å². The van der Waals surface area contributed by atoms with Crippen LogP contribution in [-0.2, 0) is 0 Å². The molecule has 0 saturated carbocycles. The molecule has 8 heavy (non-hydrogen) atoms. The molecule has 1 heterocycles. The van der Waals surface area contributed by atoms with Gasteiger partial charge in [-0.25, -0.2) is 0 Å². The molecule has 0 amide bonds. The van der Waals surface area contributed by atoms with Crippen molar-refractivity contribution in [3.63, 3.8) is 0 Å². The molecule has 0 atom stereocenters. The summed E-state index contributed by atoms with van der Waals surface area (Å²) in [5.74, 6) is 0. The van der Waals surface area contributed by atoms with Crippen molar-refractivity contribution < 1.29 is 0 Å². The Kier molecular flexibility index (Phi) is 4.57. The molecule has 0 radical (unpaired) electrons. The normalized spacial score (nSPS) is 7.62. The summed E-state index contributed by atoms with van der Waals surface area (Å²) in [6.07, 6.45) is 3.29. The topological polar surface area (TPSA) is 12.9 Å². The molecular formula is C5H5ClNNa. The Balaban J connectivity index is 0.000000490. The van der Waals surface area contributed by atoms with Gasteiger partial charge in [-0.2, -0.15) is 0 Å². The maximum atomic E-state index is 5.48. The van der Waals surface area contributed by atoms with E-state index in [0.29, 0.717) is 5.02 Å². The molecule has 3 heteroatoms. The number of hydrogen-bond donors (Lipinski definition) is 0. The molecule has 0 bridgehead atoms. The van der Waals surface area contributed by atoms with Crippen LogP contribution in [0.3, 0.4) is 0 Å². The van der Waals surface area contributed by atoms with Crippen molar-refractivity contribution in [1.82, 2.24) is 4.98 Å². The number of pyridine rings is 1. The first kappa shape index (κ1) is 8.44. The van der Waals surface area contributed by atoms with Gasteiger partial charge in [-0.05, 0) is 12.1 Å². The molecule has 0 aliphatic heterocycles. The fourth-order valence-corrected chi connectivity index (χ4v) is 0.471. The Morgan fingerprint density at radius 2 is 2.25 bits per heavy atom. The first-order valence-corrected chi connectivity index (χ1v) is 2.33. The maximum absolute atomic E-state index is 5.48. The molecular weight excluding hydrogens is 133 g/mol. The van der Waals surface area contributed by atoms with Crippen LogP contribution in [0.1, 0.15) is 0 Å². The zero-order valence-electron chi connectivity index (χ0n) is 3.63. The second-order valence-electron chi connectivity index (χ2n) is 1.17. The molecule has 0 fully saturated rings.